The predicted molar refractivity (Wildman–Crippen MR) is 56.5 cm³/mol. The van der Waals surface area contributed by atoms with Crippen molar-refractivity contribution >= 4 is 23.0 Å². The van der Waals surface area contributed by atoms with Gasteiger partial charge in [-0.05, 0) is 24.3 Å². The molecule has 0 saturated carbocycles. The van der Waals surface area contributed by atoms with Crippen molar-refractivity contribution in [3.05, 3.63) is 52.4 Å². The number of aliphatic carboxylic acids is 1. The molecule has 1 aromatic carbocycles. The fourth-order valence-corrected chi connectivity index (χ4v) is 1.37. The van der Waals surface area contributed by atoms with Gasteiger partial charge < -0.3 is 14.3 Å². The fourth-order valence-electron chi connectivity index (χ4n) is 1.37. The number of fused-ring (bicyclic) bond motifs is 1. The zero-order chi connectivity index (χ0) is 11.5. The van der Waals surface area contributed by atoms with E-state index in [2.05, 4.69) is 0 Å². The van der Waals surface area contributed by atoms with Crippen molar-refractivity contribution in [3.63, 3.8) is 0 Å². The van der Waals surface area contributed by atoms with Crippen LogP contribution in [-0.4, -0.2) is 5.97 Å². The zero-order valence-electron chi connectivity index (χ0n) is 8.17. The summed E-state index contributed by atoms with van der Waals surface area (Å²) in [6.45, 7) is 0. The number of rotatable bonds is 2. The van der Waals surface area contributed by atoms with Gasteiger partial charge in [-0.1, -0.05) is 12.1 Å². The van der Waals surface area contributed by atoms with E-state index in [1.54, 1.807) is 24.3 Å². The second kappa shape index (κ2) is 4.02. The van der Waals surface area contributed by atoms with Gasteiger partial charge in [0.05, 0.1) is 16.9 Å². The van der Waals surface area contributed by atoms with E-state index in [9.17, 15) is 14.7 Å². The normalized spacial score (nSPS) is 11.0. The van der Waals surface area contributed by atoms with Crippen LogP contribution in [0.25, 0.3) is 17.0 Å². The van der Waals surface area contributed by atoms with Crippen molar-refractivity contribution in [3.8, 4) is 0 Å². The zero-order valence-corrected chi connectivity index (χ0v) is 8.17. The Balaban J connectivity index is 2.61. The Morgan fingerprint density at radius 1 is 1.31 bits per heavy atom. The molecule has 0 bridgehead atoms. The van der Waals surface area contributed by atoms with Gasteiger partial charge in [-0.15, -0.1) is 0 Å². The van der Waals surface area contributed by atoms with Crippen LogP contribution in [0.1, 0.15) is 5.56 Å². The van der Waals surface area contributed by atoms with Crippen LogP contribution in [0, 0.1) is 0 Å². The maximum absolute atomic E-state index is 11.8. The molecule has 0 spiro atoms. The summed E-state index contributed by atoms with van der Waals surface area (Å²) >= 11 is 0. The Morgan fingerprint density at radius 3 is 2.81 bits per heavy atom. The number of carboxylic acid groups (broad SMARTS) is 1. The number of carboxylic acids is 1. The minimum atomic E-state index is -1.35. The molecule has 0 atom stereocenters. The van der Waals surface area contributed by atoms with Crippen LogP contribution in [-0.2, 0) is 4.79 Å². The number of carbonyl (C=O) groups excluding carboxylic acids is 1. The highest BCUT2D eigenvalue weighted by molar-refractivity contribution is 5.85. The molecule has 2 rings (SSSR count). The second-order valence-electron chi connectivity index (χ2n) is 3.17. The van der Waals surface area contributed by atoms with Gasteiger partial charge in [0.2, 0.25) is 0 Å². The predicted octanol–water partition coefficient (Wildman–Crippen LogP) is 0.556. The van der Waals surface area contributed by atoms with Gasteiger partial charge in [0.15, 0.2) is 5.43 Å². The molecule has 0 aliphatic heterocycles. The Bertz CT molecular complexity index is 622. The molecule has 1 aromatic heterocycles. The summed E-state index contributed by atoms with van der Waals surface area (Å²) in [5.41, 5.74) is 0.389. The van der Waals surface area contributed by atoms with Gasteiger partial charge in [-0.25, -0.2) is 0 Å². The van der Waals surface area contributed by atoms with Gasteiger partial charge in [0.1, 0.15) is 11.8 Å². The van der Waals surface area contributed by atoms with E-state index in [4.69, 9.17) is 4.42 Å². The lowest BCUT2D eigenvalue weighted by atomic mass is 10.1. The largest absolute Gasteiger partial charge is 0.545 e. The standard InChI is InChI=1S/C12H8O4/c13-11(14)6-5-8-7-16-10-4-2-1-3-9(10)12(8)15/h1-7H,(H,13,14)/p-1/b6-5+. The van der Waals surface area contributed by atoms with Crippen molar-refractivity contribution in [1.29, 1.82) is 0 Å². The SMILES string of the molecule is O=C([O-])/C=C/c1coc2ccccc2c1=O. The summed E-state index contributed by atoms with van der Waals surface area (Å²) < 4.78 is 5.19. The number of hydrogen-bond donors (Lipinski definition) is 0. The van der Waals surface area contributed by atoms with Crippen molar-refractivity contribution in [2.24, 2.45) is 0 Å². The van der Waals surface area contributed by atoms with Gasteiger partial charge in [-0.3, -0.25) is 4.79 Å². The highest BCUT2D eigenvalue weighted by atomic mass is 16.4. The Labute approximate surface area is 90.4 Å². The first-order valence-corrected chi connectivity index (χ1v) is 4.58. The number of benzene rings is 1. The van der Waals surface area contributed by atoms with E-state index in [1.807, 2.05) is 0 Å². The first kappa shape index (κ1) is 10.2. The molecule has 0 fully saturated rings. The average molecular weight is 215 g/mol. The number of carbonyl (C=O) groups is 1. The lowest BCUT2D eigenvalue weighted by Crippen LogP contribution is -2.18. The third kappa shape index (κ3) is 1.86. The van der Waals surface area contributed by atoms with Crippen LogP contribution in [0.15, 0.2) is 45.8 Å². The van der Waals surface area contributed by atoms with Gasteiger partial charge in [0.25, 0.3) is 0 Å². The summed E-state index contributed by atoms with van der Waals surface area (Å²) in [5.74, 6) is -1.35. The highest BCUT2D eigenvalue weighted by Gasteiger charge is 2.02. The first-order valence-electron chi connectivity index (χ1n) is 4.58. The molecule has 0 N–H and O–H groups in total. The van der Waals surface area contributed by atoms with Gasteiger partial charge in [0, 0.05) is 0 Å². The smallest absolute Gasteiger partial charge is 0.199 e. The summed E-state index contributed by atoms with van der Waals surface area (Å²) in [6, 6.07) is 6.76. The Hall–Kier alpha value is -2.36. The van der Waals surface area contributed by atoms with Crippen LogP contribution in [0.3, 0.4) is 0 Å². The molecule has 0 aliphatic rings. The molecule has 0 amide bonds. The van der Waals surface area contributed by atoms with Gasteiger partial charge >= 0.3 is 0 Å². The average Bonchev–Trinajstić information content (AvgIpc) is 2.28. The third-order valence-electron chi connectivity index (χ3n) is 2.11. The third-order valence-corrected chi connectivity index (χ3v) is 2.11. The number of hydrogen-bond acceptors (Lipinski definition) is 4. The molecule has 0 unspecified atom stereocenters. The molecule has 2 aromatic rings. The maximum Gasteiger partial charge on any atom is 0.199 e. The fraction of sp³-hybridized carbons (Fsp3) is 0. The molecule has 4 nitrogen and oxygen atoms in total. The highest BCUT2D eigenvalue weighted by Crippen LogP contribution is 2.10. The van der Waals surface area contributed by atoms with E-state index in [-0.39, 0.29) is 11.0 Å². The second-order valence-corrected chi connectivity index (χ2v) is 3.17. The number of para-hydroxylation sites is 1. The first-order chi connectivity index (χ1) is 7.68. The van der Waals surface area contributed by atoms with Gasteiger partial charge in [-0.2, -0.15) is 0 Å². The molecule has 0 radical (unpaired) electrons. The molecule has 80 valence electrons. The van der Waals surface area contributed by atoms with Crippen LogP contribution in [0.2, 0.25) is 0 Å². The molecule has 1 heterocycles. The van der Waals surface area contributed by atoms with Crippen LogP contribution >= 0.6 is 0 Å². The lowest BCUT2D eigenvalue weighted by molar-refractivity contribution is -0.297. The summed E-state index contributed by atoms with van der Waals surface area (Å²) in [4.78, 5) is 22.0. The van der Waals surface area contributed by atoms with Crippen molar-refractivity contribution in [2.75, 3.05) is 0 Å². The molecule has 0 saturated heterocycles. The molecular weight excluding hydrogens is 208 g/mol. The summed E-state index contributed by atoms with van der Waals surface area (Å²) in [6.07, 6.45) is 3.18. The van der Waals surface area contributed by atoms with Crippen molar-refractivity contribution < 1.29 is 14.3 Å². The van der Waals surface area contributed by atoms with Crippen LogP contribution in [0.5, 0.6) is 0 Å². The van der Waals surface area contributed by atoms with E-state index in [1.165, 1.54) is 6.26 Å². The minimum Gasteiger partial charge on any atom is -0.545 e. The van der Waals surface area contributed by atoms with E-state index in [0.29, 0.717) is 11.0 Å². The Morgan fingerprint density at radius 2 is 2.06 bits per heavy atom. The van der Waals surface area contributed by atoms with E-state index >= 15 is 0 Å². The molecule has 16 heavy (non-hydrogen) atoms. The Kier molecular flexibility index (Phi) is 2.55. The van der Waals surface area contributed by atoms with Crippen LogP contribution in [0.4, 0.5) is 0 Å². The maximum atomic E-state index is 11.8. The quantitative estimate of drug-likeness (QED) is 0.686. The lowest BCUT2D eigenvalue weighted by Gasteiger charge is -1.97. The summed E-state index contributed by atoms with van der Waals surface area (Å²) in [5, 5.41) is 10.6. The van der Waals surface area contributed by atoms with Crippen molar-refractivity contribution in [2.45, 2.75) is 0 Å². The van der Waals surface area contributed by atoms with E-state index < -0.39 is 5.97 Å². The molecular formula is C12H7O4-. The molecule has 4 heteroatoms. The minimum absolute atomic E-state index is 0.183. The molecule has 0 aliphatic carbocycles. The summed E-state index contributed by atoms with van der Waals surface area (Å²) in [7, 11) is 0. The monoisotopic (exact) mass is 215 g/mol. The topological polar surface area (TPSA) is 70.3 Å². The van der Waals surface area contributed by atoms with E-state index in [0.717, 1.165) is 12.2 Å². The van der Waals surface area contributed by atoms with Crippen molar-refractivity contribution in [1.82, 2.24) is 0 Å². The van der Waals surface area contributed by atoms with Crippen LogP contribution < -0.4 is 10.5 Å².